The van der Waals surface area contributed by atoms with Crippen molar-refractivity contribution in [1.82, 2.24) is 9.80 Å². The second kappa shape index (κ2) is 7.59. The molecule has 1 heterocycles. The number of aryl methyl sites for hydroxylation is 1. The Morgan fingerprint density at radius 2 is 1.82 bits per heavy atom. The van der Waals surface area contributed by atoms with Crippen molar-refractivity contribution >= 4 is 23.4 Å². The summed E-state index contributed by atoms with van der Waals surface area (Å²) in [6, 6.07) is 15.8. The molecule has 0 N–H and O–H groups in total. The smallest absolute Gasteiger partial charge is 0.233 e. The van der Waals surface area contributed by atoms with Gasteiger partial charge in [0.25, 0.3) is 0 Å². The van der Waals surface area contributed by atoms with E-state index in [1.54, 1.807) is 0 Å². The third-order valence-corrected chi connectivity index (χ3v) is 6.14. The van der Waals surface area contributed by atoms with E-state index in [9.17, 15) is 9.59 Å². The first-order valence-electron chi connectivity index (χ1n) is 9.87. The fourth-order valence-corrected chi connectivity index (χ4v) is 4.22. The van der Waals surface area contributed by atoms with E-state index in [1.165, 1.54) is 5.56 Å². The van der Waals surface area contributed by atoms with Gasteiger partial charge in [-0.2, -0.15) is 0 Å². The van der Waals surface area contributed by atoms with Gasteiger partial charge in [-0.15, -0.1) is 0 Å². The number of carbonyl (C=O) groups excluding carboxylic acids is 2. The van der Waals surface area contributed by atoms with E-state index in [0.29, 0.717) is 37.6 Å². The Morgan fingerprint density at radius 1 is 1.07 bits per heavy atom. The Hall–Kier alpha value is -2.33. The fraction of sp³-hybridized carbons (Fsp3) is 0.391. The molecule has 0 radical (unpaired) electrons. The molecule has 2 aromatic carbocycles. The predicted molar refractivity (Wildman–Crippen MR) is 110 cm³/mol. The molecule has 1 aliphatic heterocycles. The Kier molecular flexibility index (Phi) is 5.15. The molecule has 0 aromatic heterocycles. The van der Waals surface area contributed by atoms with Crippen LogP contribution in [-0.2, 0) is 21.5 Å². The lowest BCUT2D eigenvalue weighted by atomic mass is 9.94. The number of carbonyl (C=O) groups is 2. The van der Waals surface area contributed by atoms with Gasteiger partial charge >= 0.3 is 0 Å². The summed E-state index contributed by atoms with van der Waals surface area (Å²) in [7, 11) is 0. The van der Waals surface area contributed by atoms with E-state index in [4.69, 9.17) is 11.6 Å². The summed E-state index contributed by atoms with van der Waals surface area (Å²) >= 11 is 6.00. The van der Waals surface area contributed by atoms with Crippen molar-refractivity contribution in [3.05, 3.63) is 70.2 Å². The van der Waals surface area contributed by atoms with Crippen molar-refractivity contribution < 1.29 is 9.59 Å². The van der Waals surface area contributed by atoms with Crippen LogP contribution in [0.4, 0.5) is 0 Å². The Bertz CT molecular complexity index is 890. The van der Waals surface area contributed by atoms with Crippen molar-refractivity contribution in [2.45, 2.75) is 38.1 Å². The first-order valence-corrected chi connectivity index (χ1v) is 10.2. The van der Waals surface area contributed by atoms with Gasteiger partial charge in [-0.25, -0.2) is 0 Å². The predicted octanol–water partition coefficient (Wildman–Crippen LogP) is 3.94. The molecular formula is C23H25ClN2O2. The molecule has 2 aliphatic rings. The molecule has 1 saturated carbocycles. The summed E-state index contributed by atoms with van der Waals surface area (Å²) in [5.41, 5.74) is 2.94. The minimum atomic E-state index is -0.417. The Balaban J connectivity index is 1.45. The van der Waals surface area contributed by atoms with Crippen LogP contribution in [0.1, 0.15) is 36.0 Å². The third kappa shape index (κ3) is 3.79. The highest BCUT2D eigenvalue weighted by Crippen LogP contribution is 2.49. The molecule has 5 heteroatoms. The average Bonchev–Trinajstić information content (AvgIpc) is 3.50. The van der Waals surface area contributed by atoms with Crippen LogP contribution in [0.25, 0.3) is 0 Å². The van der Waals surface area contributed by atoms with Crippen LogP contribution >= 0.6 is 11.6 Å². The summed E-state index contributed by atoms with van der Waals surface area (Å²) in [5, 5.41) is 0.680. The quantitative estimate of drug-likeness (QED) is 0.785. The standard InChI is InChI=1S/C23H25ClN2O2/c1-17-3-2-4-18(15-17)16-26-14-13-25(12-9-21(26)27)22(28)23(10-11-23)19-5-7-20(24)8-6-19/h2-8,15H,9-14,16H2,1H3. The number of benzene rings is 2. The average molecular weight is 397 g/mol. The molecular weight excluding hydrogens is 372 g/mol. The minimum Gasteiger partial charge on any atom is -0.340 e. The largest absolute Gasteiger partial charge is 0.340 e. The van der Waals surface area contributed by atoms with Crippen LogP contribution in [0.15, 0.2) is 48.5 Å². The molecule has 2 amide bonds. The molecule has 1 saturated heterocycles. The van der Waals surface area contributed by atoms with Crippen molar-refractivity contribution in [1.29, 1.82) is 0 Å². The molecule has 0 bridgehead atoms. The van der Waals surface area contributed by atoms with Crippen LogP contribution in [0, 0.1) is 6.92 Å². The highest BCUT2D eigenvalue weighted by Gasteiger charge is 2.53. The van der Waals surface area contributed by atoms with Crippen molar-refractivity contribution in [3.63, 3.8) is 0 Å². The van der Waals surface area contributed by atoms with Gasteiger partial charge in [-0.05, 0) is 43.0 Å². The summed E-state index contributed by atoms with van der Waals surface area (Å²) < 4.78 is 0. The molecule has 4 rings (SSSR count). The molecule has 2 aromatic rings. The minimum absolute atomic E-state index is 0.119. The monoisotopic (exact) mass is 396 g/mol. The van der Waals surface area contributed by atoms with E-state index in [1.807, 2.05) is 46.2 Å². The van der Waals surface area contributed by atoms with Crippen molar-refractivity contribution in [3.8, 4) is 0 Å². The lowest BCUT2D eigenvalue weighted by molar-refractivity contribution is -0.133. The number of hydrogen-bond acceptors (Lipinski definition) is 2. The fourth-order valence-electron chi connectivity index (χ4n) is 4.09. The number of rotatable bonds is 4. The van der Waals surface area contributed by atoms with Crippen LogP contribution < -0.4 is 0 Å². The lowest BCUT2D eigenvalue weighted by Gasteiger charge is -2.26. The number of nitrogens with zero attached hydrogens (tertiary/aromatic N) is 2. The van der Waals surface area contributed by atoms with Gasteiger partial charge < -0.3 is 9.80 Å². The SMILES string of the molecule is Cc1cccc(CN2CCN(C(=O)C3(c4ccc(Cl)cc4)CC3)CCC2=O)c1. The first-order chi connectivity index (χ1) is 13.5. The normalized spacial score (nSPS) is 18.7. The summed E-state index contributed by atoms with van der Waals surface area (Å²) in [6.07, 6.45) is 2.12. The zero-order valence-corrected chi connectivity index (χ0v) is 16.9. The lowest BCUT2D eigenvalue weighted by Crippen LogP contribution is -2.41. The second-order valence-corrected chi connectivity index (χ2v) is 8.37. The van der Waals surface area contributed by atoms with E-state index in [2.05, 4.69) is 19.1 Å². The number of amides is 2. The maximum atomic E-state index is 13.3. The van der Waals surface area contributed by atoms with Crippen LogP contribution in [0.3, 0.4) is 0 Å². The van der Waals surface area contributed by atoms with Crippen LogP contribution in [0.2, 0.25) is 5.02 Å². The first kappa shape index (κ1) is 19.0. The van der Waals surface area contributed by atoms with Gasteiger partial charge in [0.15, 0.2) is 0 Å². The highest BCUT2D eigenvalue weighted by molar-refractivity contribution is 6.30. The van der Waals surface area contributed by atoms with Gasteiger partial charge in [-0.3, -0.25) is 9.59 Å². The van der Waals surface area contributed by atoms with Gasteiger partial charge in [-0.1, -0.05) is 53.6 Å². The Labute approximate surface area is 171 Å². The summed E-state index contributed by atoms with van der Waals surface area (Å²) in [4.78, 5) is 29.7. The molecule has 1 aliphatic carbocycles. The molecule has 0 unspecified atom stereocenters. The van der Waals surface area contributed by atoms with Crippen LogP contribution in [0.5, 0.6) is 0 Å². The zero-order valence-electron chi connectivity index (χ0n) is 16.2. The topological polar surface area (TPSA) is 40.6 Å². The van der Waals surface area contributed by atoms with Gasteiger partial charge in [0, 0.05) is 37.6 Å². The van der Waals surface area contributed by atoms with Crippen LogP contribution in [-0.4, -0.2) is 41.2 Å². The molecule has 28 heavy (non-hydrogen) atoms. The number of halogens is 1. The molecule has 4 nitrogen and oxygen atoms in total. The molecule has 146 valence electrons. The van der Waals surface area contributed by atoms with E-state index < -0.39 is 5.41 Å². The van der Waals surface area contributed by atoms with Gasteiger partial charge in [0.2, 0.25) is 11.8 Å². The summed E-state index contributed by atoms with van der Waals surface area (Å²) in [5.74, 6) is 0.271. The van der Waals surface area contributed by atoms with Crippen molar-refractivity contribution in [2.75, 3.05) is 19.6 Å². The van der Waals surface area contributed by atoms with Gasteiger partial charge in [0.05, 0.1) is 5.41 Å². The Morgan fingerprint density at radius 3 is 2.50 bits per heavy atom. The second-order valence-electron chi connectivity index (χ2n) is 7.94. The van der Waals surface area contributed by atoms with Crippen molar-refractivity contribution in [2.24, 2.45) is 0 Å². The van der Waals surface area contributed by atoms with E-state index >= 15 is 0 Å². The molecule has 0 atom stereocenters. The van der Waals surface area contributed by atoms with E-state index in [0.717, 1.165) is 24.0 Å². The number of hydrogen-bond donors (Lipinski definition) is 0. The maximum Gasteiger partial charge on any atom is 0.233 e. The third-order valence-electron chi connectivity index (χ3n) is 5.89. The van der Waals surface area contributed by atoms with E-state index in [-0.39, 0.29) is 11.8 Å². The molecule has 2 fully saturated rings. The molecule has 0 spiro atoms. The van der Waals surface area contributed by atoms with Gasteiger partial charge in [0.1, 0.15) is 0 Å². The maximum absolute atomic E-state index is 13.3. The summed E-state index contributed by atoms with van der Waals surface area (Å²) in [6.45, 7) is 4.32. The zero-order chi connectivity index (χ0) is 19.7. The highest BCUT2D eigenvalue weighted by atomic mass is 35.5.